The number of anilines is 1. The van der Waals surface area contributed by atoms with E-state index in [2.05, 4.69) is 128 Å². The minimum Gasteiger partial charge on any atom is -0.369 e. The predicted molar refractivity (Wildman–Crippen MR) is 193 cm³/mol. The van der Waals surface area contributed by atoms with E-state index < -0.39 is 0 Å². The number of para-hydroxylation sites is 2. The van der Waals surface area contributed by atoms with Gasteiger partial charge in [-0.3, -0.25) is 10.3 Å². The molecule has 46 heavy (non-hydrogen) atoms. The van der Waals surface area contributed by atoms with Crippen molar-refractivity contribution < 1.29 is 0 Å². The second-order valence-electron chi connectivity index (χ2n) is 11.8. The number of thioether (sulfide) groups is 1. The van der Waals surface area contributed by atoms with Crippen LogP contribution in [0.2, 0.25) is 5.02 Å². The Morgan fingerprint density at radius 3 is 2.02 bits per heavy atom. The number of imidazole rings is 1. The predicted octanol–water partition coefficient (Wildman–Crippen LogP) is 8.41. The lowest BCUT2D eigenvalue weighted by Crippen LogP contribution is -2.46. The Bertz CT molecular complexity index is 1960. The molecule has 1 saturated heterocycles. The number of hydrogen-bond donors (Lipinski definition) is 1. The fraction of sp³-hybridized carbons (Fsp3) is 0.205. The van der Waals surface area contributed by atoms with E-state index in [1.165, 1.54) is 32.8 Å². The monoisotopic (exact) mass is 643 g/mol. The summed E-state index contributed by atoms with van der Waals surface area (Å²) >= 11 is 7.98. The van der Waals surface area contributed by atoms with Gasteiger partial charge in [0.1, 0.15) is 0 Å². The highest BCUT2D eigenvalue weighted by Gasteiger charge is 2.19. The van der Waals surface area contributed by atoms with Crippen molar-refractivity contribution in [3.05, 3.63) is 149 Å². The van der Waals surface area contributed by atoms with Gasteiger partial charge in [-0.1, -0.05) is 90.5 Å². The number of aryl methyl sites for hydroxylation is 1. The highest BCUT2D eigenvalue weighted by atomic mass is 35.5. The first kappa shape index (κ1) is 30.4. The molecule has 0 aliphatic carbocycles. The SMILES string of the molecule is N=c1n(CCSc2ccccc2)c2ccccc2n1Cc1ccc(N2CCN(Cc3ccccc3-c3ccc(Cl)cc3)CC2)cc1. The zero-order valence-electron chi connectivity index (χ0n) is 25.9. The third kappa shape index (κ3) is 6.80. The molecule has 0 amide bonds. The molecule has 232 valence electrons. The van der Waals surface area contributed by atoms with Crippen LogP contribution in [0.1, 0.15) is 11.1 Å². The van der Waals surface area contributed by atoms with Crippen molar-refractivity contribution in [1.82, 2.24) is 14.0 Å². The van der Waals surface area contributed by atoms with Gasteiger partial charge >= 0.3 is 0 Å². The van der Waals surface area contributed by atoms with Crippen LogP contribution in [0.25, 0.3) is 22.2 Å². The van der Waals surface area contributed by atoms with Gasteiger partial charge in [0.25, 0.3) is 0 Å². The van der Waals surface area contributed by atoms with Crippen LogP contribution in [0, 0.1) is 5.41 Å². The van der Waals surface area contributed by atoms with Crippen molar-refractivity contribution in [2.24, 2.45) is 0 Å². The largest absolute Gasteiger partial charge is 0.369 e. The van der Waals surface area contributed by atoms with Crippen molar-refractivity contribution >= 4 is 40.1 Å². The number of nitrogens with zero attached hydrogens (tertiary/aromatic N) is 4. The second-order valence-corrected chi connectivity index (χ2v) is 13.4. The molecule has 0 atom stereocenters. The van der Waals surface area contributed by atoms with Gasteiger partial charge in [0.05, 0.1) is 17.6 Å². The summed E-state index contributed by atoms with van der Waals surface area (Å²) in [7, 11) is 0. The van der Waals surface area contributed by atoms with Gasteiger partial charge in [0.15, 0.2) is 0 Å². The smallest absolute Gasteiger partial charge is 0.203 e. The lowest BCUT2D eigenvalue weighted by Gasteiger charge is -2.36. The Morgan fingerprint density at radius 2 is 1.28 bits per heavy atom. The highest BCUT2D eigenvalue weighted by molar-refractivity contribution is 7.99. The third-order valence-corrected chi connectivity index (χ3v) is 10.1. The van der Waals surface area contributed by atoms with Crippen LogP contribution in [-0.4, -0.2) is 46.0 Å². The summed E-state index contributed by atoms with van der Waals surface area (Å²) in [6.07, 6.45) is 0. The van der Waals surface area contributed by atoms with Crippen LogP contribution in [0.15, 0.2) is 132 Å². The van der Waals surface area contributed by atoms with Crippen LogP contribution in [0.4, 0.5) is 5.69 Å². The van der Waals surface area contributed by atoms with Crippen molar-refractivity contribution in [2.45, 2.75) is 24.5 Å². The molecule has 5 aromatic carbocycles. The fourth-order valence-corrected chi connectivity index (χ4v) is 7.41. The molecule has 5 nitrogen and oxygen atoms in total. The lowest BCUT2D eigenvalue weighted by atomic mass is 9.99. The molecule has 1 aromatic heterocycles. The molecule has 0 unspecified atom stereocenters. The molecule has 7 heteroatoms. The van der Waals surface area contributed by atoms with Gasteiger partial charge in [-0.15, -0.1) is 11.8 Å². The quantitative estimate of drug-likeness (QED) is 0.152. The Hall–Kier alpha value is -4.23. The molecule has 1 N–H and O–H groups in total. The highest BCUT2D eigenvalue weighted by Crippen LogP contribution is 2.27. The van der Waals surface area contributed by atoms with Crippen molar-refractivity contribution in [3.63, 3.8) is 0 Å². The van der Waals surface area contributed by atoms with Gasteiger partial charge < -0.3 is 14.0 Å². The van der Waals surface area contributed by atoms with Crippen molar-refractivity contribution in [3.8, 4) is 11.1 Å². The van der Waals surface area contributed by atoms with Crippen LogP contribution in [0.5, 0.6) is 0 Å². The minimum absolute atomic E-state index is 0.549. The molecule has 0 spiro atoms. The zero-order chi connectivity index (χ0) is 31.3. The minimum atomic E-state index is 0.549. The maximum absolute atomic E-state index is 9.08. The first-order chi connectivity index (χ1) is 22.6. The molecule has 1 aliphatic heterocycles. The molecule has 0 saturated carbocycles. The number of nitrogens with one attached hydrogen (secondary N) is 1. The molecule has 2 heterocycles. The van der Waals surface area contributed by atoms with Gasteiger partial charge in [-0.2, -0.15) is 0 Å². The van der Waals surface area contributed by atoms with E-state index in [0.29, 0.717) is 12.2 Å². The van der Waals surface area contributed by atoms with Crippen LogP contribution in [0.3, 0.4) is 0 Å². The summed E-state index contributed by atoms with van der Waals surface area (Å²) in [6.45, 7) is 6.47. The number of hydrogen-bond acceptors (Lipinski definition) is 4. The summed E-state index contributed by atoms with van der Waals surface area (Å²) in [5, 5.41) is 9.84. The molecule has 0 radical (unpaired) electrons. The van der Waals surface area contributed by atoms with Crippen LogP contribution < -0.4 is 10.5 Å². The maximum atomic E-state index is 9.08. The molecule has 0 bridgehead atoms. The first-order valence-electron chi connectivity index (χ1n) is 15.9. The summed E-state index contributed by atoms with van der Waals surface area (Å²) in [6, 6.07) is 44.7. The van der Waals surface area contributed by atoms with E-state index >= 15 is 0 Å². The molecule has 6 aromatic rings. The standard InChI is InChI=1S/C39H38ClN5S/c40-33-18-16-31(17-19-33)36-11-5-4-8-32(36)29-42-22-24-43(25-23-42)34-20-14-30(15-21-34)28-45-38-13-7-6-12-37(38)44(39(45)41)26-27-46-35-9-2-1-3-10-35/h1-21,41H,22-29H2. The average Bonchev–Trinajstić information content (AvgIpc) is 3.36. The van der Waals surface area contributed by atoms with Gasteiger partial charge in [0.2, 0.25) is 5.62 Å². The van der Waals surface area contributed by atoms with E-state index in [0.717, 1.165) is 61.1 Å². The number of fused-ring (bicyclic) bond motifs is 1. The van der Waals surface area contributed by atoms with Gasteiger partial charge in [-0.05, 0) is 70.8 Å². The number of aromatic nitrogens is 2. The molecule has 1 aliphatic rings. The van der Waals surface area contributed by atoms with Crippen molar-refractivity contribution in [2.75, 3.05) is 36.8 Å². The fourth-order valence-electron chi connectivity index (χ4n) is 6.42. The van der Waals surface area contributed by atoms with E-state index in [9.17, 15) is 0 Å². The summed E-state index contributed by atoms with van der Waals surface area (Å²) in [4.78, 5) is 6.31. The Balaban J connectivity index is 0.986. The second kappa shape index (κ2) is 14.0. The van der Waals surface area contributed by atoms with Crippen LogP contribution >= 0.6 is 23.4 Å². The normalized spacial score (nSPS) is 13.8. The summed E-state index contributed by atoms with van der Waals surface area (Å²) in [5.74, 6) is 0.922. The van der Waals surface area contributed by atoms with Crippen LogP contribution in [-0.2, 0) is 19.6 Å². The third-order valence-electron chi connectivity index (χ3n) is 8.88. The molecule has 1 fully saturated rings. The van der Waals surface area contributed by atoms with E-state index in [-0.39, 0.29) is 0 Å². The molecular weight excluding hydrogens is 606 g/mol. The number of piperazine rings is 1. The van der Waals surface area contributed by atoms with E-state index in [4.69, 9.17) is 17.0 Å². The summed E-state index contributed by atoms with van der Waals surface area (Å²) < 4.78 is 4.28. The Labute approximate surface area is 280 Å². The van der Waals surface area contributed by atoms with E-state index in [1.807, 2.05) is 30.0 Å². The number of rotatable bonds is 10. The van der Waals surface area contributed by atoms with E-state index in [1.54, 1.807) is 0 Å². The zero-order valence-corrected chi connectivity index (χ0v) is 27.4. The van der Waals surface area contributed by atoms with Crippen molar-refractivity contribution in [1.29, 1.82) is 5.41 Å². The topological polar surface area (TPSA) is 40.2 Å². The molecule has 7 rings (SSSR count). The van der Waals surface area contributed by atoms with Gasteiger partial charge in [-0.25, -0.2) is 0 Å². The number of benzene rings is 5. The maximum Gasteiger partial charge on any atom is 0.203 e. The summed E-state index contributed by atoms with van der Waals surface area (Å²) in [5.41, 5.74) is 9.09. The lowest BCUT2D eigenvalue weighted by molar-refractivity contribution is 0.250. The molecular formula is C39H38ClN5S. The number of halogens is 1. The Morgan fingerprint density at radius 1 is 0.630 bits per heavy atom. The first-order valence-corrected chi connectivity index (χ1v) is 17.3. The Kier molecular flexibility index (Phi) is 9.29. The average molecular weight is 644 g/mol. The van der Waals surface area contributed by atoms with Gasteiger partial charge in [0, 0.05) is 60.6 Å².